The molecule has 2 aromatic rings. The van der Waals surface area contributed by atoms with E-state index in [9.17, 15) is 9.67 Å². The van der Waals surface area contributed by atoms with E-state index in [-0.39, 0.29) is 36.0 Å². The van der Waals surface area contributed by atoms with Gasteiger partial charge in [0.2, 0.25) is 17.9 Å². The molecule has 7 N–H and O–H groups in total. The van der Waals surface area contributed by atoms with Crippen molar-refractivity contribution in [3.8, 4) is 0 Å². The van der Waals surface area contributed by atoms with E-state index in [1.807, 2.05) is 0 Å². The minimum Gasteiger partial charge on any atom is -0.382 e. The van der Waals surface area contributed by atoms with Crippen LogP contribution in [0.15, 0.2) is 6.33 Å². The fourth-order valence-corrected chi connectivity index (χ4v) is 1.92. The van der Waals surface area contributed by atoms with Crippen LogP contribution in [-0.2, 0) is 9.30 Å². The van der Waals surface area contributed by atoms with Crippen LogP contribution in [0.2, 0.25) is 0 Å². The number of aromatic nitrogens is 4. The fraction of sp³-hybridized carbons (Fsp3) is 0.444. The van der Waals surface area contributed by atoms with Gasteiger partial charge < -0.3 is 35.9 Å². The number of imidazole rings is 1. The lowest BCUT2D eigenvalue weighted by Crippen LogP contribution is -2.26. The van der Waals surface area contributed by atoms with Crippen LogP contribution in [0.1, 0.15) is 6.42 Å². The number of aliphatic hydroxyl groups excluding tert-OH is 1. The van der Waals surface area contributed by atoms with Crippen molar-refractivity contribution in [2.75, 3.05) is 24.4 Å². The number of rotatable bonds is 7. The highest BCUT2D eigenvalue weighted by molar-refractivity contribution is 7.51. The number of ether oxygens (including phenoxy) is 1. The predicted octanol–water partition coefficient (Wildman–Crippen LogP) is -1.72. The van der Waals surface area contributed by atoms with Crippen molar-refractivity contribution < 1.29 is 29.0 Å². The Hall–Kier alpha value is -1.98. The van der Waals surface area contributed by atoms with Gasteiger partial charge in [0.25, 0.3) is 0 Å². The lowest BCUT2D eigenvalue weighted by Gasteiger charge is -2.13. The van der Waals surface area contributed by atoms with Gasteiger partial charge in [-0.2, -0.15) is 9.97 Å². The highest BCUT2D eigenvalue weighted by atomic mass is 31.2. The molecular formula is C9H15N6O6P. The minimum absolute atomic E-state index is 0.0320. The number of hydrogen-bond acceptors (Lipinski definition) is 9. The number of aliphatic hydroxyl groups is 1. The van der Waals surface area contributed by atoms with Gasteiger partial charge in [0, 0.05) is 6.42 Å². The molecule has 0 fully saturated rings. The summed E-state index contributed by atoms with van der Waals surface area (Å²) < 4.78 is 16.4. The average molecular weight is 334 g/mol. The number of nitrogens with two attached hydrogens (primary N) is 2. The van der Waals surface area contributed by atoms with Gasteiger partial charge >= 0.3 is 7.60 Å². The monoisotopic (exact) mass is 334 g/mol. The Labute approximate surface area is 123 Å². The van der Waals surface area contributed by atoms with E-state index in [0.717, 1.165) is 4.73 Å². The molecule has 122 valence electrons. The van der Waals surface area contributed by atoms with Gasteiger partial charge in [0.15, 0.2) is 11.3 Å². The molecule has 22 heavy (non-hydrogen) atoms. The summed E-state index contributed by atoms with van der Waals surface area (Å²) in [6, 6.07) is 0. The van der Waals surface area contributed by atoms with Gasteiger partial charge in [-0.3, -0.25) is 4.57 Å². The van der Waals surface area contributed by atoms with Gasteiger partial charge in [-0.25, -0.2) is 4.98 Å². The molecule has 2 aromatic heterocycles. The molecule has 0 saturated heterocycles. The van der Waals surface area contributed by atoms with Crippen molar-refractivity contribution >= 4 is 30.5 Å². The van der Waals surface area contributed by atoms with Crippen LogP contribution in [0.5, 0.6) is 0 Å². The maximum atomic E-state index is 10.6. The Balaban J connectivity index is 1.95. The summed E-state index contributed by atoms with van der Waals surface area (Å²) in [5.41, 5.74) is 11.5. The van der Waals surface area contributed by atoms with Crippen LogP contribution < -0.4 is 16.3 Å². The van der Waals surface area contributed by atoms with E-state index in [0.29, 0.717) is 0 Å². The third-order valence-electron chi connectivity index (χ3n) is 2.41. The molecule has 0 spiro atoms. The van der Waals surface area contributed by atoms with Crippen molar-refractivity contribution in [3.05, 3.63) is 6.33 Å². The molecule has 0 amide bonds. The van der Waals surface area contributed by atoms with E-state index in [4.69, 9.17) is 30.8 Å². The molecule has 1 unspecified atom stereocenters. The second-order valence-corrected chi connectivity index (χ2v) is 5.85. The van der Waals surface area contributed by atoms with Gasteiger partial charge in [-0.15, -0.1) is 4.73 Å². The summed E-state index contributed by atoms with van der Waals surface area (Å²) in [7, 11) is -4.23. The maximum Gasteiger partial charge on any atom is 0.350 e. The highest BCUT2D eigenvalue weighted by Crippen LogP contribution is 2.33. The molecule has 13 heteroatoms. The first-order valence-electron chi connectivity index (χ1n) is 6.00. The summed E-state index contributed by atoms with van der Waals surface area (Å²) >= 11 is 0. The highest BCUT2D eigenvalue weighted by Gasteiger charge is 2.16. The lowest BCUT2D eigenvalue weighted by atomic mass is 10.4. The number of nitrogen functional groups attached to an aromatic ring is 2. The van der Waals surface area contributed by atoms with Crippen LogP contribution in [0, 0.1) is 0 Å². The summed E-state index contributed by atoms with van der Waals surface area (Å²) in [5, 5.41) is 9.70. The van der Waals surface area contributed by atoms with Crippen molar-refractivity contribution in [1.29, 1.82) is 0 Å². The molecule has 2 heterocycles. The van der Waals surface area contributed by atoms with Gasteiger partial charge in [0.05, 0.1) is 6.61 Å². The predicted molar refractivity (Wildman–Crippen MR) is 74.2 cm³/mol. The van der Waals surface area contributed by atoms with E-state index in [1.54, 1.807) is 0 Å². The molecule has 0 aromatic carbocycles. The van der Waals surface area contributed by atoms with Crippen LogP contribution >= 0.6 is 7.60 Å². The quantitative estimate of drug-likeness (QED) is 0.220. The van der Waals surface area contributed by atoms with E-state index in [1.165, 1.54) is 6.33 Å². The Morgan fingerprint density at radius 3 is 2.77 bits per heavy atom. The largest absolute Gasteiger partial charge is 0.382 e. The third kappa shape index (κ3) is 4.26. The topological polar surface area (TPSA) is 192 Å². The molecular weight excluding hydrogens is 319 g/mol. The van der Waals surface area contributed by atoms with Crippen molar-refractivity contribution in [2.24, 2.45) is 0 Å². The average Bonchev–Trinajstić information content (AvgIpc) is 2.77. The molecule has 0 saturated carbocycles. The van der Waals surface area contributed by atoms with Crippen molar-refractivity contribution in [2.45, 2.75) is 12.7 Å². The molecule has 1 atom stereocenters. The van der Waals surface area contributed by atoms with Gasteiger partial charge in [-0.1, -0.05) is 0 Å². The van der Waals surface area contributed by atoms with Gasteiger partial charge in [-0.05, 0) is 0 Å². The summed E-state index contributed by atoms with van der Waals surface area (Å²) in [5.74, 6) is -0.000801. The molecule has 0 aliphatic heterocycles. The van der Waals surface area contributed by atoms with E-state index in [2.05, 4.69) is 15.0 Å². The van der Waals surface area contributed by atoms with Crippen LogP contribution in [-0.4, -0.2) is 53.8 Å². The van der Waals surface area contributed by atoms with Crippen LogP contribution in [0.4, 0.5) is 11.8 Å². The number of anilines is 2. The SMILES string of the molecule is Nc1nc(N)c2ncn(OC(O)CCOCP(=O)(O)O)c2n1. The van der Waals surface area contributed by atoms with Crippen LogP contribution in [0.3, 0.4) is 0 Å². The molecule has 0 bridgehead atoms. The first kappa shape index (κ1) is 16.4. The normalized spacial score (nSPS) is 13.4. The zero-order valence-electron chi connectivity index (χ0n) is 11.2. The second-order valence-electron chi connectivity index (χ2n) is 4.26. The zero-order valence-corrected chi connectivity index (χ0v) is 12.1. The first-order valence-corrected chi connectivity index (χ1v) is 7.79. The molecule has 12 nitrogen and oxygen atoms in total. The minimum atomic E-state index is -4.23. The molecule has 2 rings (SSSR count). The van der Waals surface area contributed by atoms with E-state index >= 15 is 0 Å². The van der Waals surface area contributed by atoms with Crippen LogP contribution in [0.25, 0.3) is 11.2 Å². The summed E-state index contributed by atoms with van der Waals surface area (Å²) in [6.45, 7) is -0.113. The maximum absolute atomic E-state index is 10.6. The molecule has 0 radical (unpaired) electrons. The smallest absolute Gasteiger partial charge is 0.350 e. The standard InChI is InChI=1S/C9H15N6O6P/c10-7-6-8(14-9(11)13-7)15(3-12-6)21-5(16)1-2-20-4-22(17,18)19/h3,5,16H,1-2,4H2,(H2,17,18,19)(H4,10,11,13,14). The first-order chi connectivity index (χ1) is 10.3. The Morgan fingerprint density at radius 1 is 1.36 bits per heavy atom. The van der Waals surface area contributed by atoms with E-state index < -0.39 is 20.2 Å². The third-order valence-corrected chi connectivity index (χ3v) is 2.93. The molecule has 0 aliphatic carbocycles. The van der Waals surface area contributed by atoms with Crippen molar-refractivity contribution in [1.82, 2.24) is 19.7 Å². The number of nitrogens with zero attached hydrogens (tertiary/aromatic N) is 4. The number of hydrogen-bond donors (Lipinski definition) is 5. The van der Waals surface area contributed by atoms with Gasteiger partial charge in [0.1, 0.15) is 12.7 Å². The van der Waals surface area contributed by atoms with Crippen molar-refractivity contribution in [3.63, 3.8) is 0 Å². The summed E-state index contributed by atoms with van der Waals surface area (Å²) in [4.78, 5) is 33.9. The summed E-state index contributed by atoms with van der Waals surface area (Å²) in [6.07, 6.45) is -0.843. The molecule has 0 aliphatic rings. The number of fused-ring (bicyclic) bond motifs is 1. The Bertz CT molecular complexity index is 701. The fourth-order valence-electron chi connectivity index (χ4n) is 1.55. The Kier molecular flexibility index (Phi) is 4.78. The Morgan fingerprint density at radius 2 is 2.09 bits per heavy atom. The second kappa shape index (κ2) is 6.42. The zero-order chi connectivity index (χ0) is 16.3. The lowest BCUT2D eigenvalue weighted by molar-refractivity contribution is -0.113.